The van der Waals surface area contributed by atoms with Gasteiger partial charge >= 0.3 is 0 Å². The molecule has 3 rings (SSSR count). The van der Waals surface area contributed by atoms with Crippen molar-refractivity contribution >= 4 is 0 Å². The van der Waals surface area contributed by atoms with E-state index in [-0.39, 0.29) is 6.04 Å². The Kier molecular flexibility index (Phi) is 12.8. The highest BCUT2D eigenvalue weighted by molar-refractivity contribution is 4.93. The minimum absolute atomic E-state index is 0.272. The lowest BCUT2D eigenvalue weighted by molar-refractivity contribution is 0.453. The average molecular weight is 437 g/mol. The smallest absolute Gasteiger partial charge is 0.195 e. The Bertz CT molecular complexity index is 781. The van der Waals surface area contributed by atoms with Crippen molar-refractivity contribution < 1.29 is 4.42 Å². The van der Waals surface area contributed by atoms with Crippen LogP contribution in [0.15, 0.2) is 10.6 Å². The van der Waals surface area contributed by atoms with Crippen molar-refractivity contribution in [2.24, 2.45) is 17.2 Å². The lowest BCUT2D eigenvalue weighted by Crippen LogP contribution is -2.07. The Balaban J connectivity index is 0.000000233. The molecule has 13 nitrogen and oxygen atoms in total. The number of rotatable bonds is 9. The van der Waals surface area contributed by atoms with Gasteiger partial charge in [0, 0.05) is 32.2 Å². The van der Waals surface area contributed by atoms with Gasteiger partial charge in [-0.25, -0.2) is 4.98 Å². The summed E-state index contributed by atoms with van der Waals surface area (Å²) < 4.78 is 5.28. The molecule has 6 N–H and O–H groups in total. The largest absolute Gasteiger partial charge is 0.446 e. The Hall–Kier alpha value is -2.77. The van der Waals surface area contributed by atoms with Crippen LogP contribution >= 0.6 is 0 Å². The second-order valence-corrected chi connectivity index (χ2v) is 6.70. The van der Waals surface area contributed by atoms with Gasteiger partial charge in [-0.15, -0.1) is 20.4 Å². The Morgan fingerprint density at radius 3 is 1.97 bits per heavy atom. The number of aromatic nitrogens is 9. The zero-order valence-electron chi connectivity index (χ0n) is 19.0. The highest BCUT2D eigenvalue weighted by atomic mass is 16.4. The van der Waals surface area contributed by atoms with E-state index in [2.05, 4.69) is 35.8 Å². The molecule has 0 aliphatic rings. The van der Waals surface area contributed by atoms with Crippen LogP contribution in [0.3, 0.4) is 0 Å². The summed E-state index contributed by atoms with van der Waals surface area (Å²) in [6, 6.07) is 0.272. The predicted molar refractivity (Wildman–Crippen MR) is 116 cm³/mol. The molecule has 31 heavy (non-hydrogen) atoms. The van der Waals surface area contributed by atoms with E-state index in [9.17, 15) is 0 Å². The van der Waals surface area contributed by atoms with Crippen LogP contribution in [0.5, 0.6) is 0 Å². The standard InChI is InChI=1S/C7H12N2O.C6H13N5.C5H11N5/c1-2-6-5-9-7(10-6)3-4-8;1-5(2)11-9-6(3-4-7)8-10-11;1-2-10-8-5(3-4-6)7-9-10/h5H,2-4,8H2,1H3;5H,3-4,7H2,1-2H3;2-4,6H2,1H3. The van der Waals surface area contributed by atoms with E-state index >= 15 is 0 Å². The van der Waals surface area contributed by atoms with Crippen molar-refractivity contribution in [3.05, 3.63) is 29.5 Å². The summed E-state index contributed by atoms with van der Waals surface area (Å²) in [7, 11) is 0. The number of oxazole rings is 1. The summed E-state index contributed by atoms with van der Waals surface area (Å²) in [5.41, 5.74) is 15.9. The van der Waals surface area contributed by atoms with E-state index in [0.717, 1.165) is 42.7 Å². The van der Waals surface area contributed by atoms with E-state index in [0.29, 0.717) is 32.5 Å². The molecule has 3 aromatic heterocycles. The molecule has 0 atom stereocenters. The van der Waals surface area contributed by atoms with Gasteiger partial charge in [-0.2, -0.15) is 9.59 Å². The zero-order valence-corrected chi connectivity index (χ0v) is 19.0. The lowest BCUT2D eigenvalue weighted by Gasteiger charge is -1.98. The van der Waals surface area contributed by atoms with Crippen LogP contribution in [0.4, 0.5) is 0 Å². The molecule has 0 bridgehead atoms. The fraction of sp³-hybridized carbons (Fsp3) is 0.722. The number of hydrogen-bond donors (Lipinski definition) is 3. The number of hydrogen-bond acceptors (Lipinski definition) is 11. The Morgan fingerprint density at radius 1 is 0.903 bits per heavy atom. The van der Waals surface area contributed by atoms with Gasteiger partial charge in [-0.3, -0.25) is 0 Å². The molecule has 0 aliphatic heterocycles. The predicted octanol–water partition coefficient (Wildman–Crippen LogP) is -0.312. The molecule has 0 unspecified atom stereocenters. The molecule has 13 heteroatoms. The molecule has 0 aliphatic carbocycles. The fourth-order valence-electron chi connectivity index (χ4n) is 2.09. The summed E-state index contributed by atoms with van der Waals surface area (Å²) in [5.74, 6) is 3.13. The van der Waals surface area contributed by atoms with E-state index in [1.807, 2.05) is 27.7 Å². The molecule has 3 aromatic rings. The van der Waals surface area contributed by atoms with Crippen LogP contribution < -0.4 is 17.2 Å². The minimum atomic E-state index is 0.272. The van der Waals surface area contributed by atoms with Crippen molar-refractivity contribution in [1.82, 2.24) is 45.4 Å². The number of nitrogens with two attached hydrogens (primary N) is 3. The highest BCUT2D eigenvalue weighted by Gasteiger charge is 2.03. The van der Waals surface area contributed by atoms with Crippen molar-refractivity contribution in [3.8, 4) is 0 Å². The molecule has 0 spiro atoms. The highest BCUT2D eigenvalue weighted by Crippen LogP contribution is 2.03. The van der Waals surface area contributed by atoms with Crippen molar-refractivity contribution in [3.63, 3.8) is 0 Å². The van der Waals surface area contributed by atoms with Crippen LogP contribution in [0.2, 0.25) is 0 Å². The topological polar surface area (TPSA) is 191 Å². The number of aryl methyl sites for hydroxylation is 2. The van der Waals surface area contributed by atoms with Crippen LogP contribution in [-0.2, 0) is 32.2 Å². The van der Waals surface area contributed by atoms with Gasteiger partial charge < -0.3 is 21.6 Å². The third kappa shape index (κ3) is 10.2. The molecular weight excluding hydrogens is 400 g/mol. The lowest BCUT2D eigenvalue weighted by atomic mass is 10.4. The normalized spacial score (nSPS) is 10.5. The maximum Gasteiger partial charge on any atom is 0.195 e. The summed E-state index contributed by atoms with van der Waals surface area (Å²) in [5, 5.41) is 23.4. The van der Waals surface area contributed by atoms with E-state index < -0.39 is 0 Å². The van der Waals surface area contributed by atoms with Gasteiger partial charge in [0.25, 0.3) is 0 Å². The molecule has 0 amide bonds. The minimum Gasteiger partial charge on any atom is -0.446 e. The third-order valence-electron chi connectivity index (χ3n) is 3.75. The maximum absolute atomic E-state index is 5.33. The van der Waals surface area contributed by atoms with Crippen molar-refractivity contribution in [2.45, 2.75) is 66.0 Å². The van der Waals surface area contributed by atoms with Crippen molar-refractivity contribution in [2.75, 3.05) is 19.6 Å². The SMILES string of the molecule is CC(C)n1nnc(CCN)n1.CCc1cnc(CCN)o1.CCn1nnc(CCN)n1. The summed E-state index contributed by atoms with van der Waals surface area (Å²) >= 11 is 0. The average Bonchev–Trinajstić information content (AvgIpc) is 3.51. The molecular formula is C18H36N12O. The van der Waals surface area contributed by atoms with Gasteiger partial charge in [0.2, 0.25) is 0 Å². The van der Waals surface area contributed by atoms with Gasteiger partial charge in [-0.05, 0) is 44.3 Å². The second kappa shape index (κ2) is 15.1. The molecule has 0 radical (unpaired) electrons. The van der Waals surface area contributed by atoms with Crippen LogP contribution in [0.25, 0.3) is 0 Å². The third-order valence-corrected chi connectivity index (χ3v) is 3.75. The molecule has 0 saturated heterocycles. The van der Waals surface area contributed by atoms with Gasteiger partial charge in [0.05, 0.1) is 18.8 Å². The Morgan fingerprint density at radius 2 is 1.52 bits per heavy atom. The number of tetrazole rings is 2. The molecule has 0 fully saturated rings. The zero-order chi connectivity index (χ0) is 23.1. The van der Waals surface area contributed by atoms with Gasteiger partial charge in [0.15, 0.2) is 17.5 Å². The number of nitrogens with zero attached hydrogens (tertiary/aromatic N) is 9. The van der Waals surface area contributed by atoms with E-state index in [4.69, 9.17) is 21.6 Å². The first-order valence-electron chi connectivity index (χ1n) is 10.6. The van der Waals surface area contributed by atoms with Gasteiger partial charge in [-0.1, -0.05) is 6.92 Å². The van der Waals surface area contributed by atoms with E-state index in [1.54, 1.807) is 15.8 Å². The summed E-state index contributed by atoms with van der Waals surface area (Å²) in [6.07, 6.45) is 4.80. The molecule has 174 valence electrons. The Labute approximate surface area is 182 Å². The van der Waals surface area contributed by atoms with Crippen LogP contribution in [0.1, 0.15) is 57.0 Å². The van der Waals surface area contributed by atoms with Crippen LogP contribution in [-0.4, -0.2) is 65.0 Å². The van der Waals surface area contributed by atoms with E-state index in [1.165, 1.54) is 0 Å². The molecule has 0 saturated carbocycles. The van der Waals surface area contributed by atoms with Gasteiger partial charge in [0.1, 0.15) is 5.76 Å². The first-order chi connectivity index (χ1) is 15.0. The van der Waals surface area contributed by atoms with Crippen LogP contribution in [0, 0.1) is 0 Å². The first kappa shape index (κ1) is 26.3. The molecule has 0 aromatic carbocycles. The second-order valence-electron chi connectivity index (χ2n) is 6.70. The summed E-state index contributed by atoms with van der Waals surface area (Å²) in [6.45, 7) is 10.5. The quantitative estimate of drug-likeness (QED) is 0.398. The molecule has 3 heterocycles. The maximum atomic E-state index is 5.33. The summed E-state index contributed by atoms with van der Waals surface area (Å²) in [4.78, 5) is 7.16. The van der Waals surface area contributed by atoms with Crippen molar-refractivity contribution in [1.29, 1.82) is 0 Å². The monoisotopic (exact) mass is 436 g/mol. The first-order valence-corrected chi connectivity index (χ1v) is 10.6. The fourth-order valence-corrected chi connectivity index (χ4v) is 2.09.